The van der Waals surface area contributed by atoms with E-state index in [4.69, 9.17) is 14.7 Å². The third-order valence-corrected chi connectivity index (χ3v) is 7.55. The first-order chi connectivity index (χ1) is 20.6. The van der Waals surface area contributed by atoms with E-state index in [1.165, 1.54) is 12.1 Å². The van der Waals surface area contributed by atoms with Gasteiger partial charge < -0.3 is 14.6 Å². The molecule has 0 radical (unpaired) electrons. The molecule has 0 saturated carbocycles. The Morgan fingerprint density at radius 2 is 1.81 bits per heavy atom. The molecule has 0 aliphatic carbocycles. The number of aromatic nitrogens is 7. The van der Waals surface area contributed by atoms with Crippen molar-refractivity contribution >= 4 is 43.2 Å². The summed E-state index contributed by atoms with van der Waals surface area (Å²) < 4.78 is 23.8. The van der Waals surface area contributed by atoms with Crippen molar-refractivity contribution in [3.63, 3.8) is 0 Å². The lowest BCUT2D eigenvalue weighted by Crippen LogP contribution is -2.19. The van der Waals surface area contributed by atoms with Crippen LogP contribution in [0.15, 0.2) is 61.1 Å². The molecular formula is C31H32FN9OS. The van der Waals surface area contributed by atoms with Crippen molar-refractivity contribution in [1.29, 1.82) is 0 Å². The number of nitrogens with one attached hydrogen (secondary N) is 3. The zero-order valence-corrected chi connectivity index (χ0v) is 25.0. The zero-order valence-electron chi connectivity index (χ0n) is 24.2. The summed E-state index contributed by atoms with van der Waals surface area (Å²) in [6, 6.07) is 12.5. The van der Waals surface area contributed by atoms with Gasteiger partial charge >= 0.3 is 0 Å². The van der Waals surface area contributed by atoms with Crippen LogP contribution < -0.4 is 9.46 Å². The largest absolute Gasteiger partial charge is 0.491 e. The number of fused-ring (bicyclic) bond motifs is 2. The predicted octanol–water partition coefficient (Wildman–Crippen LogP) is 5.01. The summed E-state index contributed by atoms with van der Waals surface area (Å²) in [4.78, 5) is 24.1. The van der Waals surface area contributed by atoms with Crippen LogP contribution in [0.5, 0.6) is 5.75 Å². The number of hydrogen-bond acceptors (Lipinski definition) is 8. The molecule has 0 amide bonds. The molecule has 1 aromatic carbocycles. The van der Waals surface area contributed by atoms with Crippen LogP contribution in [0, 0.1) is 5.82 Å². The number of rotatable bonds is 10. The van der Waals surface area contributed by atoms with E-state index in [2.05, 4.69) is 46.5 Å². The quantitative estimate of drug-likeness (QED) is 0.189. The lowest BCUT2D eigenvalue weighted by atomic mass is 10.1. The second-order valence-corrected chi connectivity index (χ2v) is 13.6. The van der Waals surface area contributed by atoms with E-state index >= 15 is 0 Å². The average Bonchev–Trinajstić information content (AvgIpc) is 3.59. The minimum atomic E-state index is -1.45. The number of likely N-dealkylation sites (N-methyl/N-ethyl adjacent to an activating group) is 1. The SMILES string of the molecule is C=S(=C)(C)NCc1cc(F)cc(-c2nccc3[nH]c(-c4n[nH]c5ccc(-c6cncc(OCCN(C)C)c6)nc45)nc23)c1. The van der Waals surface area contributed by atoms with E-state index in [-0.39, 0.29) is 5.82 Å². The normalized spacial score (nSPS) is 12.0. The average molecular weight is 598 g/mol. The van der Waals surface area contributed by atoms with Crippen molar-refractivity contribution in [3.8, 4) is 39.8 Å². The maximum atomic E-state index is 14.7. The molecule has 43 heavy (non-hydrogen) atoms. The Morgan fingerprint density at radius 1 is 0.977 bits per heavy atom. The molecule has 0 bridgehead atoms. The number of ether oxygens (including phenoxy) is 1. The third kappa shape index (κ3) is 6.41. The molecule has 0 aliphatic rings. The van der Waals surface area contributed by atoms with Gasteiger partial charge in [-0.1, -0.05) is 11.7 Å². The van der Waals surface area contributed by atoms with Crippen molar-refractivity contribution in [3.05, 3.63) is 72.4 Å². The van der Waals surface area contributed by atoms with E-state index < -0.39 is 9.39 Å². The van der Waals surface area contributed by atoms with Gasteiger partial charge in [-0.05, 0) is 68.4 Å². The van der Waals surface area contributed by atoms with Crippen LogP contribution in [-0.4, -0.2) is 85.3 Å². The minimum absolute atomic E-state index is 0.356. The van der Waals surface area contributed by atoms with Crippen LogP contribution >= 0.6 is 9.39 Å². The summed E-state index contributed by atoms with van der Waals surface area (Å²) in [7, 11) is 2.55. The summed E-state index contributed by atoms with van der Waals surface area (Å²) in [6.07, 6.45) is 7.06. The van der Waals surface area contributed by atoms with Gasteiger partial charge in [0, 0.05) is 36.6 Å². The lowest BCUT2D eigenvalue weighted by Gasteiger charge is -2.12. The molecule has 10 nitrogen and oxygen atoms in total. The van der Waals surface area contributed by atoms with Crippen molar-refractivity contribution in [2.24, 2.45) is 0 Å². The number of nitrogens with zero attached hydrogens (tertiary/aromatic N) is 6. The van der Waals surface area contributed by atoms with Crippen LogP contribution in [0.1, 0.15) is 5.56 Å². The molecule has 3 N–H and O–H groups in total. The Labute approximate surface area is 249 Å². The fraction of sp³-hybridized carbons (Fsp3) is 0.194. The van der Waals surface area contributed by atoms with Crippen LogP contribution in [0.3, 0.4) is 0 Å². The Balaban J connectivity index is 1.35. The fourth-order valence-corrected chi connectivity index (χ4v) is 5.13. The summed E-state index contributed by atoms with van der Waals surface area (Å²) in [5.41, 5.74) is 6.82. The highest BCUT2D eigenvalue weighted by molar-refractivity contribution is 8.25. The Bertz CT molecular complexity index is 2050. The van der Waals surface area contributed by atoms with Crippen molar-refractivity contribution < 1.29 is 9.13 Å². The number of halogens is 1. The summed E-state index contributed by atoms with van der Waals surface area (Å²) in [5.74, 6) is 8.91. The molecule has 220 valence electrons. The first-order valence-corrected chi connectivity index (χ1v) is 15.9. The van der Waals surface area contributed by atoms with Gasteiger partial charge in [-0.15, -0.1) is 0 Å². The Kier molecular flexibility index (Phi) is 7.65. The molecule has 0 aliphatic heterocycles. The van der Waals surface area contributed by atoms with Gasteiger partial charge in [0.2, 0.25) is 0 Å². The topological polar surface area (TPSA) is 121 Å². The molecule has 0 saturated heterocycles. The van der Waals surface area contributed by atoms with Gasteiger partial charge in [-0.3, -0.25) is 19.8 Å². The number of H-pyrrole nitrogens is 2. The predicted molar refractivity (Wildman–Crippen MR) is 174 cm³/mol. The molecule has 6 aromatic rings. The number of pyridine rings is 3. The molecule has 0 fully saturated rings. The first kappa shape index (κ1) is 28.5. The van der Waals surface area contributed by atoms with Crippen molar-refractivity contribution in [2.75, 3.05) is 33.5 Å². The van der Waals surface area contributed by atoms with E-state index in [0.29, 0.717) is 52.7 Å². The zero-order chi connectivity index (χ0) is 30.1. The number of hydrogen-bond donors (Lipinski definition) is 3. The molecule has 6 rings (SSSR count). The highest BCUT2D eigenvalue weighted by Gasteiger charge is 2.18. The van der Waals surface area contributed by atoms with Crippen molar-refractivity contribution in [2.45, 2.75) is 6.54 Å². The maximum absolute atomic E-state index is 14.7. The highest BCUT2D eigenvalue weighted by atomic mass is 32.2. The van der Waals surface area contributed by atoms with Crippen molar-refractivity contribution in [1.82, 2.24) is 44.7 Å². The van der Waals surface area contributed by atoms with Gasteiger partial charge in [0.05, 0.1) is 28.6 Å². The van der Waals surface area contributed by atoms with Gasteiger partial charge in [-0.2, -0.15) is 14.5 Å². The smallest absolute Gasteiger partial charge is 0.161 e. The van der Waals surface area contributed by atoms with Gasteiger partial charge in [0.15, 0.2) is 11.5 Å². The standard InChI is InChI=1S/C31H32FN9OS/c1-41(2)10-11-42-23-15-21(17-33-18-23)24-6-7-26-29(36-24)30(40-39-26)31-37-25-8-9-34-27(28(25)38-31)20-12-19(13-22(32)14-20)16-35-43(3,4)5/h6-9,12-15,17-18,35H,3-4,10-11,16H2,1-2,5H3,(H,37,38)(H,39,40). The summed E-state index contributed by atoms with van der Waals surface area (Å²) >= 11 is 0. The second kappa shape index (κ2) is 11.6. The molecule has 5 aromatic heterocycles. The van der Waals surface area contributed by atoms with Gasteiger partial charge in [0.25, 0.3) is 0 Å². The van der Waals surface area contributed by atoms with Gasteiger partial charge in [-0.25, -0.2) is 14.4 Å². The fourth-order valence-electron chi connectivity index (χ4n) is 4.61. The van der Waals surface area contributed by atoms with E-state index in [0.717, 1.165) is 34.4 Å². The van der Waals surface area contributed by atoms with Crippen LogP contribution in [0.25, 0.3) is 56.1 Å². The van der Waals surface area contributed by atoms with E-state index in [1.54, 1.807) is 18.6 Å². The number of imidazole rings is 1. The minimum Gasteiger partial charge on any atom is -0.491 e. The second-order valence-electron chi connectivity index (χ2n) is 10.8. The number of aromatic amines is 2. The van der Waals surface area contributed by atoms with Crippen LogP contribution in [0.4, 0.5) is 4.39 Å². The first-order valence-electron chi connectivity index (χ1n) is 13.5. The van der Waals surface area contributed by atoms with Crippen LogP contribution in [0.2, 0.25) is 0 Å². The third-order valence-electron chi connectivity index (χ3n) is 6.70. The van der Waals surface area contributed by atoms with E-state index in [9.17, 15) is 4.39 Å². The molecule has 12 heteroatoms. The van der Waals surface area contributed by atoms with Gasteiger partial charge in [0.1, 0.15) is 29.2 Å². The Hall–Kier alpha value is -4.65. The summed E-state index contributed by atoms with van der Waals surface area (Å²) in [6.45, 7) is 1.80. The lowest BCUT2D eigenvalue weighted by molar-refractivity contribution is 0.261. The number of benzene rings is 1. The Morgan fingerprint density at radius 3 is 2.63 bits per heavy atom. The molecule has 5 heterocycles. The molecule has 0 atom stereocenters. The summed E-state index contributed by atoms with van der Waals surface area (Å²) in [5, 5.41) is 7.57. The molecule has 0 spiro atoms. The molecular weight excluding hydrogens is 565 g/mol. The van der Waals surface area contributed by atoms with Crippen LogP contribution in [-0.2, 0) is 6.54 Å². The molecule has 0 unspecified atom stereocenters. The monoisotopic (exact) mass is 597 g/mol. The highest BCUT2D eigenvalue weighted by Crippen LogP contribution is 2.32. The van der Waals surface area contributed by atoms with E-state index in [1.807, 2.05) is 50.7 Å². The maximum Gasteiger partial charge on any atom is 0.161 e.